The number of hydrogen-bond donors (Lipinski definition) is 2. The van der Waals surface area contributed by atoms with E-state index in [1.54, 1.807) is 6.20 Å². The van der Waals surface area contributed by atoms with Crippen LogP contribution >= 0.6 is 0 Å². The molecule has 2 N–H and O–H groups in total. The highest BCUT2D eigenvalue weighted by Crippen LogP contribution is 2.21. The molecule has 1 amide bonds. The molecule has 3 aromatic heterocycles. The Balaban J connectivity index is 1.20. The van der Waals surface area contributed by atoms with Gasteiger partial charge in [-0.3, -0.25) is 14.7 Å². The van der Waals surface area contributed by atoms with Crippen LogP contribution in [0.1, 0.15) is 23.2 Å². The van der Waals surface area contributed by atoms with Crippen molar-refractivity contribution in [3.05, 3.63) is 90.1 Å². The Morgan fingerprint density at radius 1 is 1.16 bits per heavy atom. The number of pyridine rings is 1. The van der Waals surface area contributed by atoms with Gasteiger partial charge < -0.3 is 14.9 Å². The largest absolute Gasteiger partial charge is 0.361 e. The summed E-state index contributed by atoms with van der Waals surface area (Å²) in [4.78, 5) is 22.6. The number of carbonyl (C=O) groups excluding carboxylic acids is 1. The van der Waals surface area contributed by atoms with Crippen LogP contribution in [-0.2, 0) is 30.8 Å². The molecule has 4 heterocycles. The molecule has 1 aliphatic rings. The Morgan fingerprint density at radius 3 is 3.00 bits per heavy atom. The molecule has 1 atom stereocenters. The molecular formula is C25H27N5O. The number of amides is 1. The number of aryl methyl sites for hydroxylation is 1. The second-order valence-corrected chi connectivity index (χ2v) is 8.24. The predicted octanol–water partition coefficient (Wildman–Crippen LogP) is 3.50. The number of rotatable bonds is 7. The Morgan fingerprint density at radius 2 is 2.10 bits per heavy atom. The first-order chi connectivity index (χ1) is 15.3. The number of fused-ring (bicyclic) bond motifs is 2. The van der Waals surface area contributed by atoms with E-state index in [2.05, 4.69) is 61.3 Å². The van der Waals surface area contributed by atoms with E-state index in [1.165, 1.54) is 22.2 Å². The minimum absolute atomic E-state index is 0.102. The quantitative estimate of drug-likeness (QED) is 0.487. The Labute approximate surface area is 181 Å². The van der Waals surface area contributed by atoms with Crippen LogP contribution in [0, 0.1) is 0 Å². The van der Waals surface area contributed by atoms with Crippen LogP contribution < -0.4 is 5.32 Å². The molecule has 0 bridgehead atoms. The van der Waals surface area contributed by atoms with E-state index >= 15 is 0 Å². The number of nitrogens with zero attached hydrogens (tertiary/aromatic N) is 3. The van der Waals surface area contributed by atoms with E-state index < -0.39 is 0 Å². The number of nitrogens with one attached hydrogen (secondary N) is 2. The standard InChI is InChI=1S/C25H27N5O/c31-25(10-9-20-14-27-24-8-2-1-7-23(20)24)28-15-22-18-29-12-4-6-21(29)17-30(22)16-19-5-3-11-26-13-19/h1-8,11-14,22,27H,9-10,15-18H2,(H,28,31). The van der Waals surface area contributed by atoms with Crippen LogP contribution in [0.4, 0.5) is 0 Å². The molecule has 0 fully saturated rings. The average Bonchev–Trinajstić information content (AvgIpc) is 3.43. The summed E-state index contributed by atoms with van der Waals surface area (Å²) in [6.07, 6.45) is 9.10. The number of carbonyl (C=O) groups is 1. The zero-order valence-electron chi connectivity index (χ0n) is 17.5. The first-order valence-corrected chi connectivity index (χ1v) is 10.8. The fraction of sp³-hybridized carbons (Fsp3) is 0.280. The summed E-state index contributed by atoms with van der Waals surface area (Å²) < 4.78 is 2.29. The third-order valence-electron chi connectivity index (χ3n) is 6.15. The molecule has 4 aromatic rings. The smallest absolute Gasteiger partial charge is 0.220 e. The van der Waals surface area contributed by atoms with Crippen molar-refractivity contribution in [2.45, 2.75) is 38.5 Å². The van der Waals surface area contributed by atoms with E-state index in [0.717, 1.165) is 31.6 Å². The summed E-state index contributed by atoms with van der Waals surface area (Å²) in [5.41, 5.74) is 4.82. The Hall–Kier alpha value is -3.38. The van der Waals surface area contributed by atoms with Gasteiger partial charge >= 0.3 is 0 Å². The number of H-pyrrole nitrogens is 1. The molecule has 0 saturated heterocycles. The van der Waals surface area contributed by atoms with Crippen LogP contribution in [0.5, 0.6) is 0 Å². The molecule has 0 spiro atoms. The molecule has 1 aromatic carbocycles. The van der Waals surface area contributed by atoms with Gasteiger partial charge in [0.25, 0.3) is 0 Å². The number of para-hydroxylation sites is 1. The van der Waals surface area contributed by atoms with E-state index in [-0.39, 0.29) is 11.9 Å². The Bertz CT molecular complexity index is 1160. The average molecular weight is 414 g/mol. The van der Waals surface area contributed by atoms with Crippen molar-refractivity contribution >= 4 is 16.8 Å². The van der Waals surface area contributed by atoms with Crippen LogP contribution in [0.15, 0.2) is 73.3 Å². The van der Waals surface area contributed by atoms with Crippen LogP contribution in [-0.4, -0.2) is 37.9 Å². The van der Waals surface area contributed by atoms with Gasteiger partial charge in [0, 0.05) is 80.0 Å². The molecule has 0 radical (unpaired) electrons. The highest BCUT2D eigenvalue weighted by Gasteiger charge is 2.26. The van der Waals surface area contributed by atoms with Crippen molar-refractivity contribution in [2.75, 3.05) is 6.54 Å². The van der Waals surface area contributed by atoms with Gasteiger partial charge in [-0.2, -0.15) is 0 Å². The summed E-state index contributed by atoms with van der Waals surface area (Å²) in [7, 11) is 0. The lowest BCUT2D eigenvalue weighted by Gasteiger charge is -2.37. The monoisotopic (exact) mass is 413 g/mol. The molecule has 31 heavy (non-hydrogen) atoms. The number of aromatic amines is 1. The van der Waals surface area contributed by atoms with Crippen molar-refractivity contribution in [3.63, 3.8) is 0 Å². The fourth-order valence-corrected chi connectivity index (χ4v) is 4.46. The van der Waals surface area contributed by atoms with Crippen molar-refractivity contribution in [2.24, 2.45) is 0 Å². The van der Waals surface area contributed by atoms with Crippen LogP contribution in [0.3, 0.4) is 0 Å². The van der Waals surface area contributed by atoms with Crippen LogP contribution in [0.2, 0.25) is 0 Å². The minimum Gasteiger partial charge on any atom is -0.361 e. The molecule has 5 rings (SSSR count). The highest BCUT2D eigenvalue weighted by atomic mass is 16.1. The van der Waals surface area contributed by atoms with Gasteiger partial charge in [-0.25, -0.2) is 0 Å². The minimum atomic E-state index is 0.102. The second-order valence-electron chi connectivity index (χ2n) is 8.24. The summed E-state index contributed by atoms with van der Waals surface area (Å²) >= 11 is 0. The van der Waals surface area contributed by atoms with Gasteiger partial charge in [0.1, 0.15) is 0 Å². The molecule has 1 unspecified atom stereocenters. The SMILES string of the molecule is O=C(CCc1c[nH]c2ccccc12)NCC1Cn2cccc2CN1Cc1cccnc1. The molecule has 6 nitrogen and oxygen atoms in total. The predicted molar refractivity (Wildman–Crippen MR) is 121 cm³/mol. The highest BCUT2D eigenvalue weighted by molar-refractivity contribution is 5.84. The number of aromatic nitrogens is 3. The van der Waals surface area contributed by atoms with E-state index in [0.29, 0.717) is 13.0 Å². The second kappa shape index (κ2) is 8.78. The summed E-state index contributed by atoms with van der Waals surface area (Å²) in [5, 5.41) is 4.38. The van der Waals surface area contributed by atoms with Gasteiger partial charge in [0.15, 0.2) is 0 Å². The molecular weight excluding hydrogens is 386 g/mol. The molecule has 1 aliphatic heterocycles. The first kappa shape index (κ1) is 19.6. The van der Waals surface area contributed by atoms with E-state index in [9.17, 15) is 4.79 Å². The van der Waals surface area contributed by atoms with Crippen molar-refractivity contribution in [1.29, 1.82) is 0 Å². The third kappa shape index (κ3) is 4.39. The van der Waals surface area contributed by atoms with Crippen molar-refractivity contribution in [3.8, 4) is 0 Å². The molecule has 158 valence electrons. The zero-order valence-corrected chi connectivity index (χ0v) is 17.5. The number of benzene rings is 1. The van der Waals surface area contributed by atoms with Gasteiger partial charge in [-0.05, 0) is 41.8 Å². The van der Waals surface area contributed by atoms with Crippen LogP contribution in [0.25, 0.3) is 10.9 Å². The van der Waals surface area contributed by atoms with Crippen molar-refractivity contribution in [1.82, 2.24) is 24.8 Å². The summed E-state index contributed by atoms with van der Waals surface area (Å²) in [5.74, 6) is 0.102. The van der Waals surface area contributed by atoms with E-state index in [1.807, 2.05) is 30.6 Å². The van der Waals surface area contributed by atoms with E-state index in [4.69, 9.17) is 0 Å². The normalized spacial score (nSPS) is 16.3. The van der Waals surface area contributed by atoms with Gasteiger partial charge in [0.2, 0.25) is 5.91 Å². The zero-order chi connectivity index (χ0) is 21.0. The summed E-state index contributed by atoms with van der Waals surface area (Å²) in [6, 6.07) is 16.8. The molecule has 0 aliphatic carbocycles. The lowest BCUT2D eigenvalue weighted by molar-refractivity contribution is -0.121. The lowest BCUT2D eigenvalue weighted by Crippen LogP contribution is -2.48. The lowest BCUT2D eigenvalue weighted by atomic mass is 10.1. The topological polar surface area (TPSA) is 66.0 Å². The maximum atomic E-state index is 12.6. The maximum Gasteiger partial charge on any atom is 0.220 e. The van der Waals surface area contributed by atoms with Gasteiger partial charge in [-0.1, -0.05) is 24.3 Å². The van der Waals surface area contributed by atoms with Crippen molar-refractivity contribution < 1.29 is 4.79 Å². The maximum absolute atomic E-state index is 12.6. The Kier molecular flexibility index (Phi) is 5.54. The fourth-order valence-electron chi connectivity index (χ4n) is 4.46. The van der Waals surface area contributed by atoms with Gasteiger partial charge in [-0.15, -0.1) is 0 Å². The molecule has 6 heteroatoms. The third-order valence-corrected chi connectivity index (χ3v) is 6.15. The first-order valence-electron chi connectivity index (χ1n) is 10.8. The molecule has 0 saturated carbocycles. The van der Waals surface area contributed by atoms with Gasteiger partial charge in [0.05, 0.1) is 0 Å². The summed E-state index contributed by atoms with van der Waals surface area (Å²) in [6.45, 7) is 3.22. The number of hydrogen-bond acceptors (Lipinski definition) is 3.